The zero-order valence-corrected chi connectivity index (χ0v) is 15.5. The van der Waals surface area contributed by atoms with Crippen LogP contribution in [0.5, 0.6) is 5.75 Å². The topological polar surface area (TPSA) is 50.7 Å². The van der Waals surface area contributed by atoms with E-state index in [1.54, 1.807) is 18.3 Å². The van der Waals surface area contributed by atoms with Gasteiger partial charge in [0.15, 0.2) is 0 Å². The van der Waals surface area contributed by atoms with Crippen LogP contribution in [0.1, 0.15) is 32.6 Å². The number of hydrogen-bond donors (Lipinski definition) is 1. The van der Waals surface area contributed by atoms with Gasteiger partial charge in [-0.2, -0.15) is 5.10 Å². The van der Waals surface area contributed by atoms with Crippen molar-refractivity contribution in [1.29, 1.82) is 0 Å². The predicted octanol–water partition coefficient (Wildman–Crippen LogP) is 4.65. The highest BCUT2D eigenvalue weighted by atomic mass is 16.5. The van der Waals surface area contributed by atoms with Crippen molar-refractivity contribution in [2.45, 2.75) is 20.5 Å². The molecule has 136 valence electrons. The first-order chi connectivity index (χ1) is 13.1. The minimum absolute atomic E-state index is 0.246. The van der Waals surface area contributed by atoms with Crippen molar-refractivity contribution in [1.82, 2.24) is 5.43 Å². The molecule has 0 aromatic heterocycles. The average molecular weight is 358 g/mol. The van der Waals surface area contributed by atoms with Crippen LogP contribution in [0.2, 0.25) is 0 Å². The number of aryl methyl sites for hydroxylation is 2. The fourth-order valence-corrected chi connectivity index (χ4v) is 2.49. The summed E-state index contributed by atoms with van der Waals surface area (Å²) in [6, 6.07) is 23.2. The average Bonchev–Trinajstić information content (AvgIpc) is 2.69. The number of para-hydroxylation sites is 1. The molecule has 0 radical (unpaired) electrons. The summed E-state index contributed by atoms with van der Waals surface area (Å²) in [5.41, 5.74) is 7.34. The predicted molar refractivity (Wildman–Crippen MR) is 108 cm³/mol. The number of hydrogen-bond acceptors (Lipinski definition) is 3. The van der Waals surface area contributed by atoms with Crippen LogP contribution in [0, 0.1) is 13.8 Å². The van der Waals surface area contributed by atoms with Crippen molar-refractivity contribution in [3.05, 3.63) is 101 Å². The van der Waals surface area contributed by atoms with Crippen LogP contribution in [-0.4, -0.2) is 12.1 Å². The number of nitrogens with one attached hydrogen (secondary N) is 1. The maximum Gasteiger partial charge on any atom is 0.271 e. The molecule has 1 amide bonds. The monoisotopic (exact) mass is 358 g/mol. The number of rotatable bonds is 6. The van der Waals surface area contributed by atoms with Gasteiger partial charge in [-0.25, -0.2) is 5.43 Å². The van der Waals surface area contributed by atoms with Crippen molar-refractivity contribution in [3.8, 4) is 5.75 Å². The number of carbonyl (C=O) groups is 1. The van der Waals surface area contributed by atoms with Crippen LogP contribution in [-0.2, 0) is 6.61 Å². The van der Waals surface area contributed by atoms with E-state index < -0.39 is 0 Å². The van der Waals surface area contributed by atoms with E-state index in [0.29, 0.717) is 17.9 Å². The first-order valence-electron chi connectivity index (χ1n) is 8.79. The molecule has 0 unspecified atom stereocenters. The lowest BCUT2D eigenvalue weighted by molar-refractivity contribution is 0.0955. The Morgan fingerprint density at radius 1 is 0.926 bits per heavy atom. The molecular formula is C23H22N2O2. The highest BCUT2D eigenvalue weighted by Crippen LogP contribution is 2.18. The summed E-state index contributed by atoms with van der Waals surface area (Å²) in [5, 5.41) is 4.06. The first kappa shape index (κ1) is 18.4. The van der Waals surface area contributed by atoms with Crippen LogP contribution < -0.4 is 10.2 Å². The maximum atomic E-state index is 12.1. The van der Waals surface area contributed by atoms with Crippen LogP contribution in [0.4, 0.5) is 0 Å². The lowest BCUT2D eigenvalue weighted by atomic mass is 10.1. The van der Waals surface area contributed by atoms with E-state index in [9.17, 15) is 4.79 Å². The zero-order chi connectivity index (χ0) is 19.1. The van der Waals surface area contributed by atoms with E-state index in [0.717, 1.165) is 16.7 Å². The summed E-state index contributed by atoms with van der Waals surface area (Å²) in [4.78, 5) is 12.1. The molecule has 4 nitrogen and oxygen atoms in total. The first-order valence-corrected chi connectivity index (χ1v) is 8.79. The second-order valence-corrected chi connectivity index (χ2v) is 6.38. The minimum atomic E-state index is -0.246. The van der Waals surface area contributed by atoms with Gasteiger partial charge in [0, 0.05) is 11.1 Å². The largest absolute Gasteiger partial charge is 0.488 e. The number of carbonyl (C=O) groups excluding carboxylic acids is 1. The van der Waals surface area contributed by atoms with Crippen LogP contribution >= 0.6 is 0 Å². The molecule has 1 N–H and O–H groups in total. The van der Waals surface area contributed by atoms with Crippen molar-refractivity contribution in [3.63, 3.8) is 0 Å². The Bertz CT molecular complexity index is 929. The molecule has 0 aliphatic rings. The van der Waals surface area contributed by atoms with Gasteiger partial charge in [-0.3, -0.25) is 4.79 Å². The van der Waals surface area contributed by atoms with Crippen LogP contribution in [0.15, 0.2) is 77.9 Å². The Hall–Kier alpha value is -3.40. The third-order valence-electron chi connectivity index (χ3n) is 4.12. The van der Waals surface area contributed by atoms with E-state index in [2.05, 4.69) is 29.6 Å². The SMILES string of the molecule is Cc1ccc(COc2ccccc2/C=N\NC(=O)c2ccc(C)cc2)cc1. The smallest absolute Gasteiger partial charge is 0.271 e. The van der Waals surface area contributed by atoms with Crippen LogP contribution in [0.25, 0.3) is 0 Å². The summed E-state index contributed by atoms with van der Waals surface area (Å²) in [6.45, 7) is 4.51. The fraction of sp³-hybridized carbons (Fsp3) is 0.130. The molecular weight excluding hydrogens is 336 g/mol. The lowest BCUT2D eigenvalue weighted by Crippen LogP contribution is -2.17. The number of benzene rings is 3. The minimum Gasteiger partial charge on any atom is -0.488 e. The van der Waals surface area contributed by atoms with Gasteiger partial charge in [0.05, 0.1) is 6.21 Å². The standard InChI is InChI=1S/C23H22N2O2/c1-17-7-11-19(12-8-17)16-27-22-6-4-3-5-21(22)15-24-25-23(26)20-13-9-18(2)10-14-20/h3-15H,16H2,1-2H3,(H,25,26)/b24-15-. The highest BCUT2D eigenvalue weighted by Gasteiger charge is 2.04. The van der Waals surface area contributed by atoms with E-state index in [4.69, 9.17) is 4.74 Å². The normalized spacial score (nSPS) is 10.7. The summed E-state index contributed by atoms with van der Waals surface area (Å²) in [5.74, 6) is 0.468. The summed E-state index contributed by atoms with van der Waals surface area (Å²) in [6.07, 6.45) is 1.59. The van der Waals surface area contributed by atoms with Crippen molar-refractivity contribution in [2.24, 2.45) is 5.10 Å². The van der Waals surface area contributed by atoms with E-state index >= 15 is 0 Å². The van der Waals surface area contributed by atoms with E-state index in [1.807, 2.05) is 55.5 Å². The number of nitrogens with zero attached hydrogens (tertiary/aromatic N) is 1. The van der Waals surface area contributed by atoms with Crippen molar-refractivity contribution in [2.75, 3.05) is 0 Å². The molecule has 3 aromatic rings. The highest BCUT2D eigenvalue weighted by molar-refractivity contribution is 5.95. The molecule has 0 fully saturated rings. The van der Waals surface area contributed by atoms with Gasteiger partial charge in [0.25, 0.3) is 5.91 Å². The molecule has 3 rings (SSSR count). The Morgan fingerprint density at radius 3 is 2.26 bits per heavy atom. The third-order valence-corrected chi connectivity index (χ3v) is 4.12. The quantitative estimate of drug-likeness (QED) is 0.515. The zero-order valence-electron chi connectivity index (χ0n) is 15.5. The van der Waals surface area contributed by atoms with Gasteiger partial charge in [0.2, 0.25) is 0 Å². The van der Waals surface area contributed by atoms with Gasteiger partial charge in [0.1, 0.15) is 12.4 Å². The number of ether oxygens (including phenoxy) is 1. The van der Waals surface area contributed by atoms with E-state index in [-0.39, 0.29) is 5.91 Å². The molecule has 0 aliphatic heterocycles. The molecule has 4 heteroatoms. The van der Waals surface area contributed by atoms with Crippen molar-refractivity contribution >= 4 is 12.1 Å². The summed E-state index contributed by atoms with van der Waals surface area (Å²) >= 11 is 0. The van der Waals surface area contributed by atoms with Gasteiger partial charge >= 0.3 is 0 Å². The second-order valence-electron chi connectivity index (χ2n) is 6.38. The Kier molecular flexibility index (Phi) is 6.00. The van der Waals surface area contributed by atoms with Gasteiger partial charge < -0.3 is 4.74 Å². The molecule has 0 saturated heterocycles. The number of amides is 1. The molecule has 0 bridgehead atoms. The molecule has 0 saturated carbocycles. The molecule has 0 heterocycles. The molecule has 27 heavy (non-hydrogen) atoms. The van der Waals surface area contributed by atoms with E-state index in [1.165, 1.54) is 5.56 Å². The second kappa shape index (κ2) is 8.81. The van der Waals surface area contributed by atoms with Crippen molar-refractivity contribution < 1.29 is 9.53 Å². The Labute approximate surface area is 159 Å². The summed E-state index contributed by atoms with van der Waals surface area (Å²) in [7, 11) is 0. The molecule has 3 aromatic carbocycles. The third kappa shape index (κ3) is 5.28. The van der Waals surface area contributed by atoms with Crippen LogP contribution in [0.3, 0.4) is 0 Å². The molecule has 0 aliphatic carbocycles. The van der Waals surface area contributed by atoms with Gasteiger partial charge in [-0.05, 0) is 43.7 Å². The Morgan fingerprint density at radius 2 is 1.56 bits per heavy atom. The number of hydrazone groups is 1. The lowest BCUT2D eigenvalue weighted by Gasteiger charge is -2.09. The fourth-order valence-electron chi connectivity index (χ4n) is 2.49. The maximum absolute atomic E-state index is 12.1. The Balaban J connectivity index is 1.62. The van der Waals surface area contributed by atoms with Gasteiger partial charge in [-0.15, -0.1) is 0 Å². The summed E-state index contributed by atoms with van der Waals surface area (Å²) < 4.78 is 5.91. The molecule has 0 atom stereocenters. The molecule has 0 spiro atoms. The van der Waals surface area contributed by atoms with Gasteiger partial charge in [-0.1, -0.05) is 59.7 Å².